The van der Waals surface area contributed by atoms with Crippen LogP contribution >= 0.6 is 11.3 Å². The van der Waals surface area contributed by atoms with Crippen LogP contribution in [0.2, 0.25) is 0 Å². The van der Waals surface area contributed by atoms with Crippen LogP contribution < -0.4 is 15.0 Å². The van der Waals surface area contributed by atoms with Crippen LogP contribution in [-0.4, -0.2) is 31.2 Å². The van der Waals surface area contributed by atoms with Gasteiger partial charge in [-0.1, -0.05) is 17.4 Å². The molecule has 5 nitrogen and oxygen atoms in total. The monoisotopic (exact) mass is 292 g/mol. The van der Waals surface area contributed by atoms with Crippen LogP contribution in [0.1, 0.15) is 23.5 Å². The molecule has 0 amide bonds. The Hall–Kier alpha value is -1.66. The van der Waals surface area contributed by atoms with Gasteiger partial charge in [0, 0.05) is 32.9 Å². The standard InChI is InChI=1S/C14H20N4OS/c1-10(11-7-5-6-8-15-11)16-9-12-13(19-4)17-14(20-12)18(2)3/h5-8,10,16H,9H2,1-4H3. The number of ether oxygens (including phenoxy) is 1. The molecule has 1 atom stereocenters. The number of hydrogen-bond donors (Lipinski definition) is 1. The highest BCUT2D eigenvalue weighted by molar-refractivity contribution is 7.15. The van der Waals surface area contributed by atoms with Gasteiger partial charge in [-0.05, 0) is 19.1 Å². The van der Waals surface area contributed by atoms with E-state index in [1.54, 1.807) is 18.4 Å². The lowest BCUT2D eigenvalue weighted by atomic mass is 10.2. The summed E-state index contributed by atoms with van der Waals surface area (Å²) in [5.41, 5.74) is 1.03. The molecule has 0 aromatic carbocycles. The fourth-order valence-corrected chi connectivity index (χ4v) is 2.67. The third-order valence-corrected chi connectivity index (χ3v) is 4.13. The highest BCUT2D eigenvalue weighted by Gasteiger charge is 2.14. The summed E-state index contributed by atoms with van der Waals surface area (Å²) in [5, 5.41) is 4.40. The Morgan fingerprint density at radius 3 is 2.80 bits per heavy atom. The maximum Gasteiger partial charge on any atom is 0.230 e. The van der Waals surface area contributed by atoms with Crippen molar-refractivity contribution in [1.29, 1.82) is 0 Å². The SMILES string of the molecule is COc1nc(N(C)C)sc1CNC(C)c1ccccn1. The van der Waals surface area contributed by atoms with Crippen molar-refractivity contribution in [2.75, 3.05) is 26.1 Å². The van der Waals surface area contributed by atoms with Gasteiger partial charge in [-0.2, -0.15) is 4.98 Å². The Labute approximate surface area is 123 Å². The zero-order valence-corrected chi connectivity index (χ0v) is 13.1. The van der Waals surface area contributed by atoms with Crippen LogP contribution in [0.3, 0.4) is 0 Å². The van der Waals surface area contributed by atoms with Crippen LogP contribution in [0, 0.1) is 0 Å². The van der Waals surface area contributed by atoms with Crippen molar-refractivity contribution < 1.29 is 4.74 Å². The Balaban J connectivity index is 2.03. The van der Waals surface area contributed by atoms with Crippen LogP contribution in [0.4, 0.5) is 5.13 Å². The normalized spacial score (nSPS) is 12.2. The highest BCUT2D eigenvalue weighted by Crippen LogP contribution is 2.30. The van der Waals surface area contributed by atoms with E-state index in [2.05, 4.69) is 22.2 Å². The minimum Gasteiger partial charge on any atom is -0.480 e. The predicted molar refractivity (Wildman–Crippen MR) is 82.5 cm³/mol. The van der Waals surface area contributed by atoms with Gasteiger partial charge >= 0.3 is 0 Å². The molecular weight excluding hydrogens is 272 g/mol. The second-order valence-electron chi connectivity index (χ2n) is 4.68. The van der Waals surface area contributed by atoms with Crippen molar-refractivity contribution in [3.05, 3.63) is 35.0 Å². The summed E-state index contributed by atoms with van der Waals surface area (Å²) < 4.78 is 5.33. The van der Waals surface area contributed by atoms with Crippen LogP contribution in [0.15, 0.2) is 24.4 Å². The molecule has 0 aliphatic rings. The second kappa shape index (κ2) is 6.67. The van der Waals surface area contributed by atoms with E-state index < -0.39 is 0 Å². The lowest BCUT2D eigenvalue weighted by Gasteiger charge is -2.12. The van der Waals surface area contributed by atoms with Gasteiger partial charge in [0.1, 0.15) is 0 Å². The molecule has 0 bridgehead atoms. The molecule has 0 spiro atoms. The first-order chi connectivity index (χ1) is 9.61. The zero-order chi connectivity index (χ0) is 14.5. The molecular formula is C14H20N4OS. The molecule has 20 heavy (non-hydrogen) atoms. The number of anilines is 1. The number of hydrogen-bond acceptors (Lipinski definition) is 6. The Kier molecular flexibility index (Phi) is 4.92. The Morgan fingerprint density at radius 2 is 2.20 bits per heavy atom. The first-order valence-corrected chi connectivity index (χ1v) is 7.28. The molecule has 2 aromatic heterocycles. The number of rotatable bonds is 6. The van der Waals surface area contributed by atoms with Gasteiger partial charge in [0.25, 0.3) is 0 Å². The van der Waals surface area contributed by atoms with Crippen LogP contribution in [-0.2, 0) is 6.54 Å². The summed E-state index contributed by atoms with van der Waals surface area (Å²) in [6, 6.07) is 6.13. The van der Waals surface area contributed by atoms with Crippen molar-refractivity contribution in [1.82, 2.24) is 15.3 Å². The number of nitrogens with zero attached hydrogens (tertiary/aromatic N) is 3. The average Bonchev–Trinajstić information content (AvgIpc) is 2.89. The summed E-state index contributed by atoms with van der Waals surface area (Å²) in [4.78, 5) is 11.9. The van der Waals surface area contributed by atoms with E-state index in [0.29, 0.717) is 12.4 Å². The minimum atomic E-state index is 0.186. The molecule has 2 aromatic rings. The van der Waals surface area contributed by atoms with E-state index in [4.69, 9.17) is 4.74 Å². The van der Waals surface area contributed by atoms with Gasteiger partial charge in [-0.15, -0.1) is 0 Å². The molecule has 0 radical (unpaired) electrons. The molecule has 1 unspecified atom stereocenters. The first kappa shape index (κ1) is 14.7. The fourth-order valence-electron chi connectivity index (χ4n) is 1.77. The molecule has 0 aliphatic carbocycles. The average molecular weight is 292 g/mol. The maximum absolute atomic E-state index is 5.33. The summed E-state index contributed by atoms with van der Waals surface area (Å²) in [5.74, 6) is 0.694. The summed E-state index contributed by atoms with van der Waals surface area (Å²) >= 11 is 1.64. The Morgan fingerprint density at radius 1 is 1.40 bits per heavy atom. The largest absolute Gasteiger partial charge is 0.480 e. The molecule has 6 heteroatoms. The molecule has 1 N–H and O–H groups in total. The lowest BCUT2D eigenvalue weighted by molar-refractivity contribution is 0.393. The van der Waals surface area contributed by atoms with E-state index in [1.807, 2.05) is 43.4 Å². The number of nitrogens with one attached hydrogen (secondary N) is 1. The molecule has 2 rings (SSSR count). The van der Waals surface area contributed by atoms with Gasteiger partial charge in [0.05, 0.1) is 17.7 Å². The maximum atomic E-state index is 5.33. The van der Waals surface area contributed by atoms with Crippen LogP contribution in [0.5, 0.6) is 5.88 Å². The summed E-state index contributed by atoms with van der Waals surface area (Å²) in [6.07, 6.45) is 1.81. The summed E-state index contributed by atoms with van der Waals surface area (Å²) in [6.45, 7) is 2.81. The van der Waals surface area contributed by atoms with Gasteiger partial charge in [0.2, 0.25) is 5.88 Å². The van der Waals surface area contributed by atoms with Crippen molar-refractivity contribution in [3.8, 4) is 5.88 Å². The van der Waals surface area contributed by atoms with E-state index >= 15 is 0 Å². The van der Waals surface area contributed by atoms with Crippen molar-refractivity contribution >= 4 is 16.5 Å². The number of aromatic nitrogens is 2. The molecule has 0 aliphatic heterocycles. The van der Waals surface area contributed by atoms with Crippen LogP contribution in [0.25, 0.3) is 0 Å². The van der Waals surface area contributed by atoms with E-state index in [-0.39, 0.29) is 6.04 Å². The second-order valence-corrected chi connectivity index (χ2v) is 5.74. The fraction of sp³-hybridized carbons (Fsp3) is 0.429. The third-order valence-electron chi connectivity index (χ3n) is 2.93. The zero-order valence-electron chi connectivity index (χ0n) is 12.3. The van der Waals surface area contributed by atoms with Gasteiger partial charge < -0.3 is 15.0 Å². The quantitative estimate of drug-likeness (QED) is 0.886. The van der Waals surface area contributed by atoms with Crippen molar-refractivity contribution in [2.45, 2.75) is 19.5 Å². The smallest absolute Gasteiger partial charge is 0.230 e. The molecule has 108 valence electrons. The molecule has 0 saturated heterocycles. The van der Waals surface area contributed by atoms with E-state index in [0.717, 1.165) is 15.7 Å². The predicted octanol–water partition coefficient (Wildman–Crippen LogP) is 2.46. The number of methoxy groups -OCH3 is 1. The Bertz CT molecular complexity index is 541. The lowest BCUT2D eigenvalue weighted by Crippen LogP contribution is -2.18. The minimum absolute atomic E-state index is 0.186. The highest BCUT2D eigenvalue weighted by atomic mass is 32.1. The third kappa shape index (κ3) is 3.46. The van der Waals surface area contributed by atoms with E-state index in [9.17, 15) is 0 Å². The molecule has 0 saturated carbocycles. The summed E-state index contributed by atoms with van der Waals surface area (Å²) in [7, 11) is 5.61. The van der Waals surface area contributed by atoms with Gasteiger partial charge in [-0.25, -0.2) is 0 Å². The van der Waals surface area contributed by atoms with Crippen molar-refractivity contribution in [3.63, 3.8) is 0 Å². The molecule has 2 heterocycles. The number of thiazole rings is 1. The van der Waals surface area contributed by atoms with Gasteiger partial charge in [-0.3, -0.25) is 4.98 Å². The van der Waals surface area contributed by atoms with E-state index in [1.165, 1.54) is 0 Å². The first-order valence-electron chi connectivity index (χ1n) is 6.47. The molecule has 0 fully saturated rings. The van der Waals surface area contributed by atoms with Crippen molar-refractivity contribution in [2.24, 2.45) is 0 Å². The number of pyridine rings is 1. The van der Waals surface area contributed by atoms with Gasteiger partial charge in [0.15, 0.2) is 5.13 Å². The topological polar surface area (TPSA) is 50.3 Å².